The van der Waals surface area contributed by atoms with E-state index in [-0.39, 0.29) is 54.4 Å². The van der Waals surface area contributed by atoms with Crippen molar-refractivity contribution in [3.05, 3.63) is 0 Å². The van der Waals surface area contributed by atoms with Crippen LogP contribution in [-0.4, -0.2) is 57.8 Å². The summed E-state index contributed by atoms with van der Waals surface area (Å²) in [6, 6.07) is 0. The Hall–Kier alpha value is 2.14. The Labute approximate surface area is 84.0 Å². The van der Waals surface area contributed by atoms with Gasteiger partial charge in [0, 0.05) is 0 Å². The van der Waals surface area contributed by atoms with Crippen LogP contribution < -0.4 is 27.9 Å². The first-order valence-corrected chi connectivity index (χ1v) is 3.20. The summed E-state index contributed by atoms with van der Waals surface area (Å²) >= 11 is -3.76. The summed E-state index contributed by atoms with van der Waals surface area (Å²) < 4.78 is 24.5. The number of rotatable bonds is 0. The van der Waals surface area contributed by atoms with Gasteiger partial charge in [-0.2, -0.15) is 0 Å². The van der Waals surface area contributed by atoms with E-state index in [4.69, 9.17) is 10.3 Å². The molecule has 0 aliphatic rings. The van der Waals surface area contributed by atoms with Gasteiger partial charge in [0.2, 0.25) is 0 Å². The van der Waals surface area contributed by atoms with Crippen LogP contribution in [0.1, 0.15) is 0 Å². The first-order valence-electron chi connectivity index (χ1n) is 0.478. The Morgan fingerprint density at radius 2 is 1.33 bits per heavy atom. The van der Waals surface area contributed by atoms with Crippen LogP contribution in [-0.2, 0) is 0 Å². The Morgan fingerprint density at radius 3 is 1.33 bits per heavy atom. The average molecular weight is 333 g/mol. The standard InChI is InChI=1S/Ba.HIO3.H2O.2H/c;2-1(3)4;;;/h;2H;1H2;;. The van der Waals surface area contributed by atoms with E-state index >= 15 is 0 Å². The van der Waals surface area contributed by atoms with E-state index in [2.05, 4.69) is 0 Å². The molecule has 0 aromatic carbocycles. The largest absolute Gasteiger partial charge is 0.503 e. The van der Waals surface area contributed by atoms with Gasteiger partial charge in [-0.05, 0) is 3.44 Å². The van der Waals surface area contributed by atoms with E-state index in [1.54, 1.807) is 0 Å². The second kappa shape index (κ2) is 10.2. The summed E-state index contributed by atoms with van der Waals surface area (Å²) in [6.45, 7) is 0. The average Bonchev–Trinajstić information content (AvgIpc) is 0.811. The molecule has 0 aliphatic carbocycles. The Balaban J connectivity index is -0.0000000450. The van der Waals surface area contributed by atoms with Crippen LogP contribution in [0.2, 0.25) is 0 Å². The zero-order valence-electron chi connectivity index (χ0n) is 2.14. The third-order valence-corrected chi connectivity index (χ3v) is 0. The minimum Gasteiger partial charge on any atom is -0.396 e. The number of hydrogen-bond donors (Lipinski definition) is 1. The molecule has 0 heterocycles. The maximum Gasteiger partial charge on any atom is 0.503 e. The molecule has 6 heavy (non-hydrogen) atoms. The predicted molar refractivity (Wildman–Crippen MR) is 14.4 cm³/mol. The topological polar surface area (TPSA) is 97.9 Å². The van der Waals surface area contributed by atoms with Gasteiger partial charge in [-0.3, -0.25) is 0 Å². The quantitative estimate of drug-likeness (QED) is 0.352. The van der Waals surface area contributed by atoms with Crippen molar-refractivity contribution in [3.8, 4) is 0 Å². The summed E-state index contributed by atoms with van der Waals surface area (Å²) in [7, 11) is 0. The molecule has 0 spiro atoms. The Morgan fingerprint density at radius 1 is 1.33 bits per heavy atom. The molecule has 0 atom stereocenters. The van der Waals surface area contributed by atoms with Gasteiger partial charge >= 0.3 is 69.9 Å². The second-order valence-corrected chi connectivity index (χ2v) is 1.35. The Kier molecular flexibility index (Phi) is 26.7. The Bertz CT molecular complexity index is 12.3. The fraction of sp³-hybridized carbons (Fsp3) is 0. The van der Waals surface area contributed by atoms with E-state index in [1.165, 1.54) is 0 Å². The zero-order chi connectivity index (χ0) is 3.58. The third-order valence-electron chi connectivity index (χ3n) is 0. The second-order valence-electron chi connectivity index (χ2n) is 0.201. The minimum atomic E-state index is -3.76. The van der Waals surface area contributed by atoms with Gasteiger partial charge in [0.25, 0.3) is 0 Å². The fourth-order valence-corrected chi connectivity index (χ4v) is 0. The maximum absolute atomic E-state index is 8.68. The first kappa shape index (κ1) is 15.7. The van der Waals surface area contributed by atoms with Crippen LogP contribution in [0.25, 0.3) is 0 Å². The van der Waals surface area contributed by atoms with Gasteiger partial charge in [0.1, 0.15) is 0 Å². The van der Waals surface area contributed by atoms with Crippen LogP contribution in [0.3, 0.4) is 0 Å². The van der Waals surface area contributed by atoms with Crippen molar-refractivity contribution in [1.82, 2.24) is 0 Å². The van der Waals surface area contributed by atoms with Crippen molar-refractivity contribution in [2.24, 2.45) is 0 Å². The monoisotopic (exact) mass is 334 g/mol. The molecule has 0 saturated heterocycles. The molecule has 0 fully saturated rings. The first-order chi connectivity index (χ1) is 1.73. The van der Waals surface area contributed by atoms with Crippen molar-refractivity contribution in [2.45, 2.75) is 0 Å². The van der Waals surface area contributed by atoms with E-state index in [0.717, 1.165) is 0 Å². The zero-order valence-corrected chi connectivity index (χ0v) is 4.30. The molecule has 0 saturated carbocycles. The van der Waals surface area contributed by atoms with E-state index in [0.29, 0.717) is 0 Å². The van der Waals surface area contributed by atoms with E-state index in [9.17, 15) is 0 Å². The molecule has 0 aliphatic heterocycles. The number of hydrogen-bond acceptors (Lipinski definition) is 3. The minimum absolute atomic E-state index is 0. The van der Waals surface area contributed by atoms with Crippen molar-refractivity contribution < 1.29 is 36.8 Å². The van der Waals surface area contributed by atoms with Crippen molar-refractivity contribution in [3.63, 3.8) is 0 Å². The fourth-order valence-electron chi connectivity index (χ4n) is 0. The summed E-state index contributed by atoms with van der Waals surface area (Å²) in [5.41, 5.74) is 0. The molecule has 0 unspecified atom stereocenters. The normalized spacial score (nSPS) is 6.00. The molecule has 3 N–H and O–H groups in total. The van der Waals surface area contributed by atoms with Gasteiger partial charge in [0.15, 0.2) is 0 Å². The molecule has 38 valence electrons. The van der Waals surface area contributed by atoms with Gasteiger partial charge < -0.3 is 12.3 Å². The molecule has 0 radical (unpaired) electrons. The van der Waals surface area contributed by atoms with Gasteiger partial charge in [0.05, 0.1) is 0 Å². The van der Waals surface area contributed by atoms with Gasteiger partial charge in [-0.25, -0.2) is 0 Å². The van der Waals surface area contributed by atoms with Crippen molar-refractivity contribution in [2.75, 3.05) is 0 Å². The summed E-state index contributed by atoms with van der Waals surface area (Å²) in [4.78, 5) is 0. The molecule has 0 aromatic rings. The van der Waals surface area contributed by atoms with Crippen LogP contribution in [0.5, 0.6) is 0 Å². The van der Waals surface area contributed by atoms with E-state index in [1.807, 2.05) is 0 Å². The van der Waals surface area contributed by atoms with Crippen LogP contribution >= 0.6 is 0 Å². The summed E-state index contributed by atoms with van der Waals surface area (Å²) in [5.74, 6) is 0. The molecule has 0 aromatic heterocycles. The molecular weight excluding hydrogens is 328 g/mol. The SMILES string of the molecule is O.[BaH2].[O-][I+2]([O-])O. The molecule has 0 amide bonds. The van der Waals surface area contributed by atoms with Crippen molar-refractivity contribution >= 4 is 48.9 Å². The van der Waals surface area contributed by atoms with Crippen LogP contribution in [0, 0.1) is 0 Å². The molecule has 6 heteroatoms. The molecule has 0 rings (SSSR count). The summed E-state index contributed by atoms with van der Waals surface area (Å²) in [6.07, 6.45) is 0. The number of halogens is 1. The van der Waals surface area contributed by atoms with Crippen LogP contribution in [0.4, 0.5) is 0 Å². The van der Waals surface area contributed by atoms with Crippen molar-refractivity contribution in [1.29, 1.82) is 0 Å². The molecular formula is H5BaIO4. The smallest absolute Gasteiger partial charge is 0.396 e. The third kappa shape index (κ3) is 35.4. The van der Waals surface area contributed by atoms with Crippen LogP contribution in [0.15, 0.2) is 0 Å². The van der Waals surface area contributed by atoms with Gasteiger partial charge in [-0.1, -0.05) is 0 Å². The summed E-state index contributed by atoms with van der Waals surface area (Å²) in [5, 5.41) is 0. The maximum atomic E-state index is 8.68. The predicted octanol–water partition coefficient (Wildman–Crippen LogP) is -7.67. The van der Waals surface area contributed by atoms with E-state index < -0.39 is 21.1 Å². The molecule has 0 bridgehead atoms. The molecule has 4 nitrogen and oxygen atoms in total. The van der Waals surface area contributed by atoms with Gasteiger partial charge in [-0.15, -0.1) is 0 Å².